The first-order chi connectivity index (χ1) is 13.9. The third kappa shape index (κ3) is 4.41. The summed E-state index contributed by atoms with van der Waals surface area (Å²) in [5.41, 5.74) is 1.53. The van der Waals surface area contributed by atoms with Crippen molar-refractivity contribution in [3.8, 4) is 0 Å². The lowest BCUT2D eigenvalue weighted by atomic mass is 10.1. The maximum absolute atomic E-state index is 13.8. The highest BCUT2D eigenvalue weighted by atomic mass is 32.2. The van der Waals surface area contributed by atoms with E-state index in [1.807, 2.05) is 4.72 Å². The molecular formula is C21H21F3N2O3S. The highest BCUT2D eigenvalue weighted by Gasteiger charge is 2.43. The van der Waals surface area contributed by atoms with E-state index in [-0.39, 0.29) is 15.7 Å². The highest BCUT2D eigenvalue weighted by molar-refractivity contribution is 7.89. The predicted octanol–water partition coefficient (Wildman–Crippen LogP) is 3.84. The number of alkyl halides is 3. The summed E-state index contributed by atoms with van der Waals surface area (Å²) in [6, 6.07) is 8.25. The zero-order chi connectivity index (χ0) is 22.3. The average molecular weight is 438 g/mol. The molecule has 0 saturated carbocycles. The Labute approximate surface area is 172 Å². The van der Waals surface area contributed by atoms with E-state index in [0.29, 0.717) is 16.6 Å². The quantitative estimate of drug-likeness (QED) is 0.658. The molecule has 1 N–H and O–H groups in total. The normalized spacial score (nSPS) is 13.5. The summed E-state index contributed by atoms with van der Waals surface area (Å²) in [6.45, 7) is 4.16. The molecule has 0 spiro atoms. The topological polar surface area (TPSA) is 68.2 Å². The van der Waals surface area contributed by atoms with Gasteiger partial charge in [-0.1, -0.05) is 29.8 Å². The summed E-state index contributed by atoms with van der Waals surface area (Å²) in [5.74, 6) is 0. The Morgan fingerprint density at radius 1 is 1.03 bits per heavy atom. The van der Waals surface area contributed by atoms with Crippen LogP contribution in [0.1, 0.15) is 16.7 Å². The highest BCUT2D eigenvalue weighted by Crippen LogP contribution is 2.27. The third-order valence-corrected chi connectivity index (χ3v) is 6.61. The molecule has 1 unspecified atom stereocenters. The van der Waals surface area contributed by atoms with Crippen LogP contribution in [-0.4, -0.2) is 25.2 Å². The Morgan fingerprint density at radius 3 is 2.23 bits per heavy atom. The zero-order valence-corrected chi connectivity index (χ0v) is 17.4. The second kappa shape index (κ2) is 7.88. The number of aromatic nitrogens is 1. The number of hydrogen-bond donors (Lipinski definition) is 1. The van der Waals surface area contributed by atoms with Gasteiger partial charge in [0.1, 0.15) is 6.04 Å². The molecule has 0 radical (unpaired) electrons. The maximum Gasteiger partial charge on any atom is 0.406 e. The van der Waals surface area contributed by atoms with Crippen LogP contribution in [0.2, 0.25) is 0 Å². The van der Waals surface area contributed by atoms with Gasteiger partial charge in [0.2, 0.25) is 10.0 Å². The van der Waals surface area contributed by atoms with E-state index in [4.69, 9.17) is 0 Å². The molecule has 0 amide bonds. The van der Waals surface area contributed by atoms with Gasteiger partial charge < -0.3 is 4.57 Å². The van der Waals surface area contributed by atoms with Gasteiger partial charge in [-0.2, -0.15) is 17.9 Å². The van der Waals surface area contributed by atoms with Gasteiger partial charge in [0.15, 0.2) is 5.43 Å². The SMILES string of the molecule is Cc1cc(C)c(S(=O)(=O)NC(Cn2ccc(=O)c3ccccc32)C(F)(F)F)c(C)c1. The molecule has 0 bridgehead atoms. The molecule has 5 nitrogen and oxygen atoms in total. The molecule has 0 aliphatic heterocycles. The van der Waals surface area contributed by atoms with E-state index in [0.717, 1.165) is 5.56 Å². The lowest BCUT2D eigenvalue weighted by molar-refractivity contribution is -0.154. The second-order valence-electron chi connectivity index (χ2n) is 7.29. The maximum atomic E-state index is 13.8. The molecule has 3 rings (SSSR count). The molecule has 9 heteroatoms. The number of fused-ring (bicyclic) bond motifs is 1. The zero-order valence-electron chi connectivity index (χ0n) is 16.6. The first-order valence-electron chi connectivity index (χ1n) is 9.15. The standard InChI is InChI=1S/C21H21F3N2O3S/c1-13-10-14(2)20(15(3)11-13)30(28,29)25-19(21(22,23)24)12-26-9-8-18(27)16-6-4-5-7-17(16)26/h4-11,19,25H,12H2,1-3H3. The van der Waals surface area contributed by atoms with Crippen molar-refractivity contribution in [3.63, 3.8) is 0 Å². The van der Waals surface area contributed by atoms with Crippen LogP contribution < -0.4 is 10.2 Å². The van der Waals surface area contributed by atoms with E-state index < -0.39 is 28.8 Å². The fourth-order valence-electron chi connectivity index (χ4n) is 3.66. The van der Waals surface area contributed by atoms with Gasteiger partial charge in [0, 0.05) is 24.2 Å². The third-order valence-electron chi connectivity index (χ3n) is 4.83. The van der Waals surface area contributed by atoms with Crippen LogP contribution in [0.3, 0.4) is 0 Å². The van der Waals surface area contributed by atoms with Gasteiger partial charge in [-0.05, 0) is 44.0 Å². The van der Waals surface area contributed by atoms with Crippen molar-refractivity contribution in [2.45, 2.75) is 44.4 Å². The fourth-order valence-corrected chi connectivity index (χ4v) is 5.33. The number of halogens is 3. The Kier molecular flexibility index (Phi) is 5.79. The van der Waals surface area contributed by atoms with Crippen LogP contribution in [0.25, 0.3) is 10.9 Å². The van der Waals surface area contributed by atoms with Crippen molar-refractivity contribution in [1.82, 2.24) is 9.29 Å². The number of pyridine rings is 1. The van der Waals surface area contributed by atoms with Crippen molar-refractivity contribution < 1.29 is 21.6 Å². The van der Waals surface area contributed by atoms with Crippen LogP contribution in [0, 0.1) is 20.8 Å². The van der Waals surface area contributed by atoms with E-state index in [9.17, 15) is 26.4 Å². The Morgan fingerprint density at radius 2 is 1.63 bits per heavy atom. The summed E-state index contributed by atoms with van der Waals surface area (Å²) < 4.78 is 70.2. The number of rotatable bonds is 5. The van der Waals surface area contributed by atoms with Crippen molar-refractivity contribution in [1.29, 1.82) is 0 Å². The van der Waals surface area contributed by atoms with E-state index in [2.05, 4.69) is 0 Å². The minimum Gasteiger partial charge on any atom is -0.345 e. The Bertz CT molecular complexity index is 1240. The van der Waals surface area contributed by atoms with Crippen LogP contribution >= 0.6 is 0 Å². The minimum atomic E-state index is -4.84. The number of hydrogen-bond acceptors (Lipinski definition) is 3. The first kappa shape index (κ1) is 22.0. The number of aryl methyl sites for hydroxylation is 3. The molecule has 0 fully saturated rings. The second-order valence-corrected chi connectivity index (χ2v) is 8.94. The molecule has 0 aliphatic rings. The first-order valence-corrected chi connectivity index (χ1v) is 10.6. The van der Waals surface area contributed by atoms with Crippen molar-refractivity contribution in [2.75, 3.05) is 0 Å². The molecule has 3 aromatic rings. The van der Waals surface area contributed by atoms with Crippen molar-refractivity contribution >= 4 is 20.9 Å². The molecule has 1 heterocycles. The van der Waals surface area contributed by atoms with Crippen LogP contribution in [0.15, 0.2) is 58.4 Å². The van der Waals surface area contributed by atoms with Gasteiger partial charge in [-0.3, -0.25) is 4.79 Å². The predicted molar refractivity (Wildman–Crippen MR) is 109 cm³/mol. The number of sulfonamides is 1. The molecule has 1 aromatic heterocycles. The van der Waals surface area contributed by atoms with Gasteiger partial charge in [-0.15, -0.1) is 0 Å². The van der Waals surface area contributed by atoms with Gasteiger partial charge in [0.25, 0.3) is 0 Å². The summed E-state index contributed by atoms with van der Waals surface area (Å²) in [6.07, 6.45) is -3.61. The monoisotopic (exact) mass is 438 g/mol. The number of para-hydroxylation sites is 1. The molecule has 30 heavy (non-hydrogen) atoms. The number of nitrogens with zero attached hydrogens (tertiary/aromatic N) is 1. The Balaban J connectivity index is 2.04. The van der Waals surface area contributed by atoms with E-state index >= 15 is 0 Å². The van der Waals surface area contributed by atoms with Crippen molar-refractivity contribution in [2.24, 2.45) is 0 Å². The average Bonchev–Trinajstić information content (AvgIpc) is 2.61. The van der Waals surface area contributed by atoms with E-state index in [1.54, 1.807) is 45.0 Å². The Hall–Kier alpha value is -2.65. The molecule has 160 valence electrons. The number of benzene rings is 2. The van der Waals surface area contributed by atoms with E-state index in [1.165, 1.54) is 29.0 Å². The van der Waals surface area contributed by atoms with Gasteiger partial charge in [0.05, 0.1) is 10.4 Å². The summed E-state index contributed by atoms with van der Waals surface area (Å²) in [5, 5.41) is 0.258. The summed E-state index contributed by atoms with van der Waals surface area (Å²) in [7, 11) is -4.45. The lowest BCUT2D eigenvalue weighted by Gasteiger charge is -2.24. The van der Waals surface area contributed by atoms with Gasteiger partial charge in [-0.25, -0.2) is 8.42 Å². The number of nitrogens with one attached hydrogen (secondary N) is 1. The molecule has 0 saturated heterocycles. The molecule has 2 aromatic carbocycles. The smallest absolute Gasteiger partial charge is 0.345 e. The fraction of sp³-hybridized carbons (Fsp3) is 0.286. The van der Waals surface area contributed by atoms with Crippen LogP contribution in [0.5, 0.6) is 0 Å². The summed E-state index contributed by atoms with van der Waals surface area (Å²) in [4.78, 5) is 11.8. The molecular weight excluding hydrogens is 417 g/mol. The minimum absolute atomic E-state index is 0.160. The van der Waals surface area contributed by atoms with Crippen molar-refractivity contribution in [3.05, 3.63) is 75.6 Å². The largest absolute Gasteiger partial charge is 0.406 e. The molecule has 0 aliphatic carbocycles. The van der Waals surface area contributed by atoms with Crippen LogP contribution in [-0.2, 0) is 16.6 Å². The lowest BCUT2D eigenvalue weighted by Crippen LogP contribution is -2.48. The molecule has 1 atom stereocenters. The van der Waals surface area contributed by atoms with Crippen LogP contribution in [0.4, 0.5) is 13.2 Å². The summed E-state index contributed by atoms with van der Waals surface area (Å²) >= 11 is 0. The van der Waals surface area contributed by atoms with Gasteiger partial charge >= 0.3 is 6.18 Å².